The summed E-state index contributed by atoms with van der Waals surface area (Å²) in [7, 11) is 0. The molecule has 2 aliphatic rings. The van der Waals surface area contributed by atoms with Gasteiger partial charge in [-0.1, -0.05) is 6.07 Å². The van der Waals surface area contributed by atoms with Crippen molar-refractivity contribution in [2.45, 2.75) is 6.42 Å². The number of nitrogens with zero attached hydrogens (tertiary/aromatic N) is 6. The van der Waals surface area contributed by atoms with Gasteiger partial charge in [0.15, 0.2) is 5.82 Å². The molecule has 34 heavy (non-hydrogen) atoms. The first-order valence-electron chi connectivity index (χ1n) is 10.5. The molecule has 13 heteroatoms. The number of fused-ring (bicyclic) bond motifs is 1. The van der Waals surface area contributed by atoms with Crippen LogP contribution in [-0.2, 0) is 16.0 Å². The van der Waals surface area contributed by atoms with Crippen molar-refractivity contribution in [1.29, 1.82) is 0 Å². The van der Waals surface area contributed by atoms with Crippen molar-refractivity contribution in [2.24, 2.45) is 0 Å². The maximum absolute atomic E-state index is 13.9. The van der Waals surface area contributed by atoms with Crippen LogP contribution >= 0.6 is 0 Å². The van der Waals surface area contributed by atoms with Gasteiger partial charge in [-0.25, -0.2) is 28.5 Å². The van der Waals surface area contributed by atoms with E-state index in [2.05, 4.69) is 20.3 Å². The number of carbonyl (C=O) groups is 1. The molecule has 3 N–H and O–H groups in total. The van der Waals surface area contributed by atoms with Crippen LogP contribution in [0.3, 0.4) is 0 Å². The molecule has 11 nitrogen and oxygen atoms in total. The number of halogens is 2. The predicted octanol–water partition coefficient (Wildman–Crippen LogP) is 2.16. The Labute approximate surface area is 192 Å². The average Bonchev–Trinajstić information content (AvgIpc) is 3.24. The van der Waals surface area contributed by atoms with Gasteiger partial charge in [0, 0.05) is 36.6 Å². The van der Waals surface area contributed by atoms with Gasteiger partial charge < -0.3 is 20.2 Å². The quantitative estimate of drug-likeness (QED) is 0.585. The zero-order valence-corrected chi connectivity index (χ0v) is 17.9. The molecule has 0 bridgehead atoms. The third kappa shape index (κ3) is 4.24. The van der Waals surface area contributed by atoms with Gasteiger partial charge in [0.25, 0.3) is 0 Å². The van der Waals surface area contributed by atoms with Gasteiger partial charge in [0.1, 0.15) is 17.3 Å². The molecule has 1 saturated heterocycles. The zero-order chi connectivity index (χ0) is 23.7. The maximum atomic E-state index is 13.9. The van der Waals surface area contributed by atoms with Crippen LogP contribution in [0.4, 0.5) is 37.0 Å². The number of nitrogens with two attached hydrogens (primary N) is 1. The number of anilines is 4. The first-order chi connectivity index (χ1) is 16.5. The summed E-state index contributed by atoms with van der Waals surface area (Å²) in [6.45, 7) is 2.50. The molecule has 2 aromatic heterocycles. The van der Waals surface area contributed by atoms with Gasteiger partial charge >= 0.3 is 6.09 Å². The molecule has 1 aromatic carbocycles. The van der Waals surface area contributed by atoms with E-state index in [0.29, 0.717) is 55.7 Å². The van der Waals surface area contributed by atoms with E-state index in [1.165, 1.54) is 11.1 Å². The normalized spacial score (nSPS) is 15.2. The fourth-order valence-corrected chi connectivity index (χ4v) is 3.75. The van der Waals surface area contributed by atoms with Crippen LogP contribution in [0.5, 0.6) is 0 Å². The molecule has 0 spiro atoms. The van der Waals surface area contributed by atoms with Gasteiger partial charge in [-0.15, -0.1) is 0 Å². The van der Waals surface area contributed by atoms with E-state index in [0.717, 1.165) is 17.7 Å². The summed E-state index contributed by atoms with van der Waals surface area (Å²) in [5.74, 6) is -0.912. The van der Waals surface area contributed by atoms with Crippen molar-refractivity contribution in [3.8, 4) is 11.3 Å². The second kappa shape index (κ2) is 9.02. The fraction of sp³-hybridized carbons (Fsp3) is 0.286. The number of hydroxylamine groups is 1. The molecule has 1 fully saturated rings. The third-order valence-electron chi connectivity index (χ3n) is 5.40. The smallest absolute Gasteiger partial charge is 0.378 e. The number of nitrogen functional groups attached to an aromatic ring is 1. The Hall–Kier alpha value is -4.13. The molecule has 1 amide bonds. The summed E-state index contributed by atoms with van der Waals surface area (Å²) in [5.41, 5.74) is 6.95. The molecular formula is C21H20F2N8O3. The number of benzene rings is 1. The van der Waals surface area contributed by atoms with Crippen LogP contribution < -0.4 is 21.0 Å². The summed E-state index contributed by atoms with van der Waals surface area (Å²) in [6.07, 6.45) is 2.52. The number of ether oxygens (including phenoxy) is 1. The van der Waals surface area contributed by atoms with Crippen molar-refractivity contribution in [2.75, 3.05) is 53.9 Å². The molecule has 0 aliphatic carbocycles. The highest BCUT2D eigenvalue weighted by Crippen LogP contribution is 2.35. The Morgan fingerprint density at radius 3 is 2.50 bits per heavy atom. The molecule has 176 valence electrons. The number of aromatic nitrogens is 4. The standard InChI is InChI=1S/C21H20F2N8O3/c22-14-2-1-3-15(23)17(14)28-21(32)34-31-5-4-13-16(12-10-25-19(24)26-11-12)27-20(29-18(13)31)30-6-8-33-9-7-30/h1-3,10-11H,4-9H2,(H,28,32)(H2,24,25,26). The monoisotopic (exact) mass is 470 g/mol. The lowest BCUT2D eigenvalue weighted by molar-refractivity contribution is 0.122. The van der Waals surface area contributed by atoms with E-state index in [4.69, 9.17) is 20.3 Å². The molecule has 0 radical (unpaired) electrons. The van der Waals surface area contributed by atoms with E-state index < -0.39 is 23.4 Å². The Kier molecular flexibility index (Phi) is 5.76. The molecule has 4 heterocycles. The number of hydrogen-bond donors (Lipinski definition) is 2. The van der Waals surface area contributed by atoms with Crippen LogP contribution in [-0.4, -0.2) is 58.9 Å². The molecule has 2 aliphatic heterocycles. The summed E-state index contributed by atoms with van der Waals surface area (Å²) in [4.78, 5) is 37.2. The lowest BCUT2D eigenvalue weighted by Gasteiger charge is -2.28. The first kappa shape index (κ1) is 21.7. The topological polar surface area (TPSA) is 132 Å². The number of amides is 1. The summed E-state index contributed by atoms with van der Waals surface area (Å²) >= 11 is 0. The minimum atomic E-state index is -1.05. The van der Waals surface area contributed by atoms with Gasteiger partial charge in [0.05, 0.1) is 25.5 Å². The molecule has 0 atom stereocenters. The van der Waals surface area contributed by atoms with Crippen LogP contribution in [0.15, 0.2) is 30.6 Å². The third-order valence-corrected chi connectivity index (χ3v) is 5.40. The summed E-state index contributed by atoms with van der Waals surface area (Å²) < 4.78 is 33.2. The second-order valence-corrected chi connectivity index (χ2v) is 7.56. The average molecular weight is 470 g/mol. The minimum Gasteiger partial charge on any atom is -0.378 e. The van der Waals surface area contributed by atoms with Gasteiger partial charge in [-0.2, -0.15) is 10.0 Å². The van der Waals surface area contributed by atoms with Crippen molar-refractivity contribution in [1.82, 2.24) is 19.9 Å². The van der Waals surface area contributed by atoms with E-state index in [-0.39, 0.29) is 12.5 Å². The lowest BCUT2D eigenvalue weighted by atomic mass is 10.1. The van der Waals surface area contributed by atoms with Crippen molar-refractivity contribution < 1.29 is 23.1 Å². The maximum Gasteiger partial charge on any atom is 0.436 e. The van der Waals surface area contributed by atoms with Gasteiger partial charge in [-0.3, -0.25) is 5.32 Å². The number of rotatable bonds is 4. The van der Waals surface area contributed by atoms with Crippen LogP contribution in [0.1, 0.15) is 5.56 Å². The number of carbonyl (C=O) groups excluding carboxylic acids is 1. The largest absolute Gasteiger partial charge is 0.436 e. The van der Waals surface area contributed by atoms with E-state index in [1.807, 2.05) is 4.90 Å². The number of morpholine rings is 1. The Morgan fingerprint density at radius 2 is 1.79 bits per heavy atom. The molecular weight excluding hydrogens is 450 g/mol. The van der Waals surface area contributed by atoms with Crippen LogP contribution in [0, 0.1) is 11.6 Å². The van der Waals surface area contributed by atoms with Crippen LogP contribution in [0.25, 0.3) is 11.3 Å². The molecule has 0 saturated carbocycles. The second-order valence-electron chi connectivity index (χ2n) is 7.56. The molecule has 0 unspecified atom stereocenters. The van der Waals surface area contributed by atoms with Crippen molar-refractivity contribution in [3.63, 3.8) is 0 Å². The molecule has 3 aromatic rings. The highest BCUT2D eigenvalue weighted by molar-refractivity contribution is 5.86. The SMILES string of the molecule is Nc1ncc(-c2nc(N3CCOCC3)nc3c2CCN3OC(=O)Nc2c(F)cccc2F)cn1. The number of nitrogens with one attached hydrogen (secondary N) is 1. The van der Waals surface area contributed by atoms with Gasteiger partial charge in [-0.05, 0) is 18.6 Å². The Morgan fingerprint density at radius 1 is 1.09 bits per heavy atom. The van der Waals surface area contributed by atoms with Gasteiger partial charge in [0.2, 0.25) is 11.9 Å². The van der Waals surface area contributed by atoms with Crippen molar-refractivity contribution >= 4 is 29.5 Å². The number of hydrogen-bond acceptors (Lipinski definition) is 10. The lowest BCUT2D eigenvalue weighted by Crippen LogP contribution is -2.37. The summed E-state index contributed by atoms with van der Waals surface area (Å²) in [5, 5.41) is 3.38. The summed E-state index contributed by atoms with van der Waals surface area (Å²) in [6, 6.07) is 3.27. The number of para-hydroxylation sites is 1. The molecule has 5 rings (SSSR count). The highest BCUT2D eigenvalue weighted by Gasteiger charge is 2.31. The highest BCUT2D eigenvalue weighted by atomic mass is 19.1. The van der Waals surface area contributed by atoms with E-state index >= 15 is 0 Å². The minimum absolute atomic E-state index is 0.130. The zero-order valence-electron chi connectivity index (χ0n) is 17.9. The fourth-order valence-electron chi connectivity index (χ4n) is 3.75. The van der Waals surface area contributed by atoms with Crippen molar-refractivity contribution in [3.05, 3.63) is 47.8 Å². The van der Waals surface area contributed by atoms with E-state index in [1.54, 1.807) is 12.4 Å². The Balaban J connectivity index is 1.46. The Bertz CT molecular complexity index is 1200. The van der Waals surface area contributed by atoms with Crippen LogP contribution in [0.2, 0.25) is 0 Å². The predicted molar refractivity (Wildman–Crippen MR) is 118 cm³/mol. The first-order valence-corrected chi connectivity index (χ1v) is 10.5. The van der Waals surface area contributed by atoms with E-state index in [9.17, 15) is 13.6 Å².